The summed E-state index contributed by atoms with van der Waals surface area (Å²) in [4.78, 5) is 16.4. The molecule has 17 heavy (non-hydrogen) atoms. The summed E-state index contributed by atoms with van der Waals surface area (Å²) in [6, 6.07) is 0.249. The van der Waals surface area contributed by atoms with Gasteiger partial charge in [0.15, 0.2) is 0 Å². The van der Waals surface area contributed by atoms with Crippen LogP contribution in [0.4, 0.5) is 4.79 Å². The van der Waals surface area contributed by atoms with E-state index in [1.165, 1.54) is 6.42 Å². The van der Waals surface area contributed by atoms with Crippen LogP contribution in [-0.4, -0.2) is 42.0 Å². The molecule has 2 amide bonds. The minimum absolute atomic E-state index is 0.249. The van der Waals surface area contributed by atoms with E-state index in [2.05, 4.69) is 27.7 Å². The second kappa shape index (κ2) is 6.87. The smallest absolute Gasteiger partial charge is 0.320 e. The lowest BCUT2D eigenvalue weighted by Crippen LogP contribution is -2.48. The number of carbonyl (C=O) groups excluding carboxylic acids is 1. The second-order valence-electron chi connectivity index (χ2n) is 5.53. The number of urea groups is 1. The van der Waals surface area contributed by atoms with Crippen LogP contribution in [0.5, 0.6) is 0 Å². The van der Waals surface area contributed by atoms with Gasteiger partial charge >= 0.3 is 6.03 Å². The molecule has 1 saturated heterocycles. The maximum absolute atomic E-state index is 12.4. The lowest BCUT2D eigenvalue weighted by molar-refractivity contribution is 0.127. The van der Waals surface area contributed by atoms with Crippen molar-refractivity contribution in [2.45, 2.75) is 47.0 Å². The van der Waals surface area contributed by atoms with Gasteiger partial charge in [0.1, 0.15) is 0 Å². The van der Waals surface area contributed by atoms with Crippen molar-refractivity contribution in [1.29, 1.82) is 0 Å². The zero-order valence-electron chi connectivity index (χ0n) is 11.9. The second-order valence-corrected chi connectivity index (χ2v) is 5.53. The Bertz CT molecular complexity index is 242. The fraction of sp³-hybridized carbons (Fsp3) is 0.929. The fourth-order valence-electron chi connectivity index (χ4n) is 2.41. The van der Waals surface area contributed by atoms with E-state index in [0.717, 1.165) is 39.0 Å². The number of carbonyl (C=O) groups is 1. The van der Waals surface area contributed by atoms with Crippen LogP contribution < -0.4 is 0 Å². The molecule has 2 unspecified atom stereocenters. The molecule has 0 radical (unpaired) electrons. The van der Waals surface area contributed by atoms with Crippen LogP contribution in [0.1, 0.15) is 47.0 Å². The number of likely N-dealkylation sites (tertiary alicyclic amines) is 1. The van der Waals surface area contributed by atoms with Gasteiger partial charge in [0.05, 0.1) is 0 Å². The van der Waals surface area contributed by atoms with Gasteiger partial charge < -0.3 is 9.80 Å². The van der Waals surface area contributed by atoms with Crippen LogP contribution in [0.3, 0.4) is 0 Å². The first-order chi connectivity index (χ1) is 8.08. The molecule has 0 aromatic carbocycles. The molecular formula is C14H28N2O. The molecule has 0 bridgehead atoms. The molecule has 0 aliphatic carbocycles. The lowest BCUT2D eigenvalue weighted by Gasteiger charge is -2.36. The highest BCUT2D eigenvalue weighted by atomic mass is 16.2. The Labute approximate surface area is 106 Å². The van der Waals surface area contributed by atoms with Crippen LogP contribution in [0.25, 0.3) is 0 Å². The molecule has 0 aromatic heterocycles. The minimum atomic E-state index is 0.249. The lowest BCUT2D eigenvalue weighted by atomic mass is 10.0. The number of piperidine rings is 1. The fourth-order valence-corrected chi connectivity index (χ4v) is 2.41. The summed E-state index contributed by atoms with van der Waals surface area (Å²) >= 11 is 0. The van der Waals surface area contributed by atoms with E-state index in [-0.39, 0.29) is 6.03 Å². The van der Waals surface area contributed by atoms with E-state index in [4.69, 9.17) is 0 Å². The van der Waals surface area contributed by atoms with Gasteiger partial charge in [-0.1, -0.05) is 27.2 Å². The molecule has 3 heteroatoms. The van der Waals surface area contributed by atoms with Crippen molar-refractivity contribution < 1.29 is 4.79 Å². The van der Waals surface area contributed by atoms with E-state index < -0.39 is 0 Å². The van der Waals surface area contributed by atoms with Gasteiger partial charge in [0.2, 0.25) is 0 Å². The molecule has 1 heterocycles. The number of hydrogen-bond donors (Lipinski definition) is 0. The normalized spacial score (nSPS) is 22.4. The first kappa shape index (κ1) is 14.3. The molecule has 0 spiro atoms. The molecule has 0 aromatic rings. The van der Waals surface area contributed by atoms with Crippen LogP contribution in [0, 0.1) is 11.8 Å². The number of rotatable bonds is 4. The van der Waals surface area contributed by atoms with Crippen molar-refractivity contribution in [3.8, 4) is 0 Å². The third-order valence-electron chi connectivity index (χ3n) is 3.81. The van der Waals surface area contributed by atoms with Gasteiger partial charge in [-0.15, -0.1) is 0 Å². The molecule has 1 fully saturated rings. The Kier molecular flexibility index (Phi) is 5.79. The minimum Gasteiger partial charge on any atom is -0.325 e. The van der Waals surface area contributed by atoms with Crippen LogP contribution in [0.15, 0.2) is 0 Å². The van der Waals surface area contributed by atoms with Crippen molar-refractivity contribution >= 4 is 6.03 Å². The summed E-state index contributed by atoms with van der Waals surface area (Å²) in [6.45, 7) is 12.3. The van der Waals surface area contributed by atoms with Gasteiger partial charge in [0.25, 0.3) is 0 Å². The highest BCUT2D eigenvalue weighted by Crippen LogP contribution is 2.17. The predicted molar refractivity (Wildman–Crippen MR) is 72.1 cm³/mol. The molecule has 1 aliphatic heterocycles. The van der Waals surface area contributed by atoms with Crippen LogP contribution in [0.2, 0.25) is 0 Å². The van der Waals surface area contributed by atoms with Gasteiger partial charge in [0, 0.05) is 26.2 Å². The number of nitrogens with zero attached hydrogens (tertiary/aromatic N) is 2. The van der Waals surface area contributed by atoms with Gasteiger partial charge in [-0.2, -0.15) is 0 Å². The van der Waals surface area contributed by atoms with Crippen molar-refractivity contribution in [1.82, 2.24) is 9.80 Å². The Morgan fingerprint density at radius 3 is 2.71 bits per heavy atom. The van der Waals surface area contributed by atoms with Crippen LogP contribution >= 0.6 is 0 Å². The summed E-state index contributed by atoms with van der Waals surface area (Å²) in [7, 11) is 0. The SMILES string of the molecule is CCC(C)CN(CC)C(=O)N1CCCC(C)C1. The van der Waals surface area contributed by atoms with Gasteiger partial charge in [-0.25, -0.2) is 4.79 Å². The topological polar surface area (TPSA) is 23.6 Å². The van der Waals surface area contributed by atoms with E-state index in [0.29, 0.717) is 11.8 Å². The zero-order chi connectivity index (χ0) is 12.8. The van der Waals surface area contributed by atoms with Crippen molar-refractivity contribution in [2.75, 3.05) is 26.2 Å². The van der Waals surface area contributed by atoms with E-state index in [9.17, 15) is 4.79 Å². The van der Waals surface area contributed by atoms with E-state index in [1.54, 1.807) is 0 Å². The first-order valence-electron chi connectivity index (χ1n) is 7.12. The van der Waals surface area contributed by atoms with Crippen LogP contribution in [-0.2, 0) is 0 Å². The standard InChI is InChI=1S/C14H28N2O/c1-5-12(3)10-15(6-2)14(17)16-9-7-8-13(4)11-16/h12-13H,5-11H2,1-4H3. The number of amides is 2. The van der Waals surface area contributed by atoms with Gasteiger partial charge in [-0.05, 0) is 31.6 Å². The summed E-state index contributed by atoms with van der Waals surface area (Å²) < 4.78 is 0. The maximum atomic E-state index is 12.4. The maximum Gasteiger partial charge on any atom is 0.320 e. The van der Waals surface area contributed by atoms with E-state index >= 15 is 0 Å². The average Bonchev–Trinajstić information content (AvgIpc) is 2.34. The summed E-state index contributed by atoms with van der Waals surface area (Å²) in [5, 5.41) is 0. The summed E-state index contributed by atoms with van der Waals surface area (Å²) in [5.74, 6) is 1.26. The monoisotopic (exact) mass is 240 g/mol. The zero-order valence-corrected chi connectivity index (χ0v) is 11.9. The molecular weight excluding hydrogens is 212 g/mol. The molecule has 0 saturated carbocycles. The van der Waals surface area contributed by atoms with Gasteiger partial charge in [-0.3, -0.25) is 0 Å². The predicted octanol–water partition coefficient (Wildman–Crippen LogP) is 3.21. The van der Waals surface area contributed by atoms with Crippen molar-refractivity contribution in [3.05, 3.63) is 0 Å². The Hall–Kier alpha value is -0.730. The third-order valence-corrected chi connectivity index (χ3v) is 3.81. The summed E-state index contributed by atoms with van der Waals surface area (Å²) in [6.07, 6.45) is 3.56. The highest BCUT2D eigenvalue weighted by Gasteiger charge is 2.24. The average molecular weight is 240 g/mol. The third kappa shape index (κ3) is 4.21. The molecule has 1 aliphatic rings. The van der Waals surface area contributed by atoms with Crippen molar-refractivity contribution in [2.24, 2.45) is 11.8 Å². The quantitative estimate of drug-likeness (QED) is 0.740. The summed E-state index contributed by atoms with van der Waals surface area (Å²) in [5.41, 5.74) is 0. The Morgan fingerprint density at radius 2 is 2.18 bits per heavy atom. The molecule has 2 atom stereocenters. The molecule has 0 N–H and O–H groups in total. The Morgan fingerprint density at radius 1 is 1.47 bits per heavy atom. The Balaban J connectivity index is 2.52. The molecule has 3 nitrogen and oxygen atoms in total. The molecule has 100 valence electrons. The van der Waals surface area contributed by atoms with E-state index in [1.807, 2.05) is 9.80 Å². The largest absolute Gasteiger partial charge is 0.325 e. The molecule has 1 rings (SSSR count). The van der Waals surface area contributed by atoms with Crippen molar-refractivity contribution in [3.63, 3.8) is 0 Å². The highest BCUT2D eigenvalue weighted by molar-refractivity contribution is 5.74. The first-order valence-corrected chi connectivity index (χ1v) is 7.12. The number of hydrogen-bond acceptors (Lipinski definition) is 1.